The maximum Gasteiger partial charge on any atom is 0.270 e. The molecule has 0 aliphatic heterocycles. The zero-order valence-electron chi connectivity index (χ0n) is 9.06. The normalized spacial score (nSPS) is 18.6. The summed E-state index contributed by atoms with van der Waals surface area (Å²) in [5, 5.41) is 14.3. The van der Waals surface area contributed by atoms with Crippen LogP contribution in [0.2, 0.25) is 0 Å². The monoisotopic (exact) mass is 240 g/mol. The Bertz CT molecular complexity index is 334. The number of rotatable bonds is 4. The van der Waals surface area contributed by atoms with Gasteiger partial charge in [0.25, 0.3) is 5.91 Å². The van der Waals surface area contributed by atoms with Crippen molar-refractivity contribution in [3.05, 3.63) is 16.6 Å². The molecule has 88 valence electrons. The summed E-state index contributed by atoms with van der Waals surface area (Å²) in [4.78, 5) is 15.5. The van der Waals surface area contributed by atoms with Crippen LogP contribution in [0.25, 0.3) is 0 Å². The van der Waals surface area contributed by atoms with Gasteiger partial charge in [-0.3, -0.25) is 4.79 Å². The highest BCUT2D eigenvalue weighted by atomic mass is 32.1. The van der Waals surface area contributed by atoms with Gasteiger partial charge in [-0.15, -0.1) is 11.3 Å². The highest BCUT2D eigenvalue weighted by molar-refractivity contribution is 7.07. The lowest BCUT2D eigenvalue weighted by molar-refractivity contribution is 0.0837. The molecule has 1 aromatic heterocycles. The van der Waals surface area contributed by atoms with Crippen molar-refractivity contribution in [3.63, 3.8) is 0 Å². The van der Waals surface area contributed by atoms with E-state index in [0.29, 0.717) is 18.2 Å². The molecule has 1 atom stereocenters. The summed E-state index contributed by atoms with van der Waals surface area (Å²) in [6.45, 7) is 0.334. The second-order valence-corrected chi connectivity index (χ2v) is 4.91. The molecule has 1 heterocycles. The molecule has 16 heavy (non-hydrogen) atoms. The van der Waals surface area contributed by atoms with E-state index in [9.17, 15) is 9.90 Å². The van der Waals surface area contributed by atoms with E-state index in [2.05, 4.69) is 10.3 Å². The number of carbonyl (C=O) groups is 1. The Hall–Kier alpha value is -0.940. The molecule has 0 bridgehead atoms. The van der Waals surface area contributed by atoms with Gasteiger partial charge in [-0.25, -0.2) is 4.98 Å². The minimum absolute atomic E-state index is 0.196. The lowest BCUT2D eigenvalue weighted by Crippen LogP contribution is -2.35. The highest BCUT2D eigenvalue weighted by Gasteiger charge is 2.23. The van der Waals surface area contributed by atoms with Crippen LogP contribution in [-0.4, -0.2) is 28.6 Å². The summed E-state index contributed by atoms with van der Waals surface area (Å²) >= 11 is 1.39. The number of amides is 1. The van der Waals surface area contributed by atoms with E-state index in [1.807, 2.05) is 0 Å². The summed E-state index contributed by atoms with van der Waals surface area (Å²) < 4.78 is 0. The highest BCUT2D eigenvalue weighted by Crippen LogP contribution is 2.27. The fourth-order valence-electron chi connectivity index (χ4n) is 2.12. The lowest BCUT2D eigenvalue weighted by Gasteiger charge is -2.17. The molecule has 2 rings (SSSR count). The molecule has 0 aromatic carbocycles. The molecule has 0 radical (unpaired) electrons. The van der Waals surface area contributed by atoms with Crippen molar-refractivity contribution in [2.24, 2.45) is 5.92 Å². The Morgan fingerprint density at radius 3 is 3.00 bits per heavy atom. The molecule has 1 amide bonds. The van der Waals surface area contributed by atoms with Crippen molar-refractivity contribution < 1.29 is 9.90 Å². The predicted molar refractivity (Wildman–Crippen MR) is 62.4 cm³/mol. The summed E-state index contributed by atoms with van der Waals surface area (Å²) in [5.41, 5.74) is 2.06. The van der Waals surface area contributed by atoms with E-state index in [1.165, 1.54) is 24.2 Å². The lowest BCUT2D eigenvalue weighted by atomic mass is 10.0. The number of aliphatic hydroxyl groups excluding tert-OH is 1. The van der Waals surface area contributed by atoms with Gasteiger partial charge < -0.3 is 10.4 Å². The molecular formula is C11H16N2O2S. The Morgan fingerprint density at radius 2 is 2.38 bits per heavy atom. The number of nitrogens with one attached hydrogen (secondary N) is 1. The van der Waals surface area contributed by atoms with Crippen molar-refractivity contribution in [2.45, 2.75) is 31.8 Å². The zero-order valence-corrected chi connectivity index (χ0v) is 9.87. The van der Waals surface area contributed by atoms with E-state index >= 15 is 0 Å². The molecule has 4 nitrogen and oxygen atoms in total. The number of thiazole rings is 1. The van der Waals surface area contributed by atoms with E-state index in [1.54, 1.807) is 10.9 Å². The first-order valence-corrected chi connectivity index (χ1v) is 6.56. The van der Waals surface area contributed by atoms with Crippen molar-refractivity contribution >= 4 is 17.2 Å². The van der Waals surface area contributed by atoms with Crippen LogP contribution in [0.3, 0.4) is 0 Å². The van der Waals surface area contributed by atoms with Gasteiger partial charge in [-0.1, -0.05) is 12.8 Å². The molecule has 1 saturated carbocycles. The van der Waals surface area contributed by atoms with Gasteiger partial charge in [0.15, 0.2) is 0 Å². The molecule has 2 N–H and O–H groups in total. The van der Waals surface area contributed by atoms with E-state index < -0.39 is 6.10 Å². The van der Waals surface area contributed by atoms with Crippen LogP contribution in [0.1, 0.15) is 36.2 Å². The summed E-state index contributed by atoms with van der Waals surface area (Å²) in [5.74, 6) is 0.161. The third-order valence-electron chi connectivity index (χ3n) is 3.08. The maximum absolute atomic E-state index is 11.5. The Balaban J connectivity index is 1.76. The first-order valence-electron chi connectivity index (χ1n) is 5.62. The number of hydrogen-bond acceptors (Lipinski definition) is 4. The molecule has 5 heteroatoms. The fourth-order valence-corrected chi connectivity index (χ4v) is 2.65. The largest absolute Gasteiger partial charge is 0.391 e. The number of carbonyl (C=O) groups excluding carboxylic acids is 1. The third kappa shape index (κ3) is 2.80. The van der Waals surface area contributed by atoms with Crippen LogP contribution < -0.4 is 5.32 Å². The van der Waals surface area contributed by atoms with E-state index in [-0.39, 0.29) is 5.91 Å². The molecule has 1 aromatic rings. The van der Waals surface area contributed by atoms with Gasteiger partial charge in [0.2, 0.25) is 0 Å². The average Bonchev–Trinajstić information content (AvgIpc) is 2.95. The molecule has 0 spiro atoms. The van der Waals surface area contributed by atoms with Gasteiger partial charge in [0.1, 0.15) is 5.69 Å². The van der Waals surface area contributed by atoms with Crippen molar-refractivity contribution in [3.8, 4) is 0 Å². The standard InChI is InChI=1S/C11H16N2O2S/c14-10(8-3-1-2-4-8)5-12-11(15)9-6-16-7-13-9/h6-8,10,14H,1-5H2,(H,12,15). The minimum atomic E-state index is -0.412. The predicted octanol–water partition coefficient (Wildman–Crippen LogP) is 1.42. The molecular weight excluding hydrogens is 224 g/mol. The van der Waals surface area contributed by atoms with Gasteiger partial charge >= 0.3 is 0 Å². The van der Waals surface area contributed by atoms with Gasteiger partial charge in [-0.2, -0.15) is 0 Å². The maximum atomic E-state index is 11.5. The molecule has 1 aliphatic carbocycles. The fraction of sp³-hybridized carbons (Fsp3) is 0.636. The van der Waals surface area contributed by atoms with Crippen LogP contribution >= 0.6 is 11.3 Å². The number of hydrogen-bond donors (Lipinski definition) is 2. The Morgan fingerprint density at radius 1 is 1.62 bits per heavy atom. The van der Waals surface area contributed by atoms with Crippen molar-refractivity contribution in [1.82, 2.24) is 10.3 Å². The van der Waals surface area contributed by atoms with Gasteiger partial charge in [0.05, 0.1) is 11.6 Å². The third-order valence-corrected chi connectivity index (χ3v) is 3.67. The first kappa shape index (κ1) is 11.5. The molecule has 1 unspecified atom stereocenters. The smallest absolute Gasteiger partial charge is 0.270 e. The quantitative estimate of drug-likeness (QED) is 0.836. The number of aliphatic hydroxyl groups is 1. The van der Waals surface area contributed by atoms with Gasteiger partial charge in [0, 0.05) is 11.9 Å². The van der Waals surface area contributed by atoms with E-state index in [0.717, 1.165) is 12.8 Å². The van der Waals surface area contributed by atoms with Crippen LogP contribution in [0.4, 0.5) is 0 Å². The summed E-state index contributed by atoms with van der Waals surface area (Å²) in [6.07, 6.45) is 4.13. The van der Waals surface area contributed by atoms with Crippen LogP contribution in [0.15, 0.2) is 10.9 Å². The second kappa shape index (κ2) is 5.41. The average molecular weight is 240 g/mol. The number of nitrogens with zero attached hydrogens (tertiary/aromatic N) is 1. The second-order valence-electron chi connectivity index (χ2n) is 4.20. The Kier molecular flexibility index (Phi) is 3.90. The minimum Gasteiger partial charge on any atom is -0.391 e. The van der Waals surface area contributed by atoms with E-state index in [4.69, 9.17) is 0 Å². The van der Waals surface area contributed by atoms with Crippen LogP contribution in [0, 0.1) is 5.92 Å². The van der Waals surface area contributed by atoms with Crippen LogP contribution in [-0.2, 0) is 0 Å². The topological polar surface area (TPSA) is 62.2 Å². The first-order chi connectivity index (χ1) is 7.77. The van der Waals surface area contributed by atoms with Crippen molar-refractivity contribution in [2.75, 3.05) is 6.54 Å². The van der Waals surface area contributed by atoms with Crippen LogP contribution in [0.5, 0.6) is 0 Å². The zero-order chi connectivity index (χ0) is 11.4. The molecule has 1 fully saturated rings. The number of aromatic nitrogens is 1. The van der Waals surface area contributed by atoms with Crippen molar-refractivity contribution in [1.29, 1.82) is 0 Å². The SMILES string of the molecule is O=C(NCC(O)C1CCCC1)c1cscn1. The molecule has 0 saturated heterocycles. The summed E-state index contributed by atoms with van der Waals surface area (Å²) in [6, 6.07) is 0. The Labute approximate surface area is 98.7 Å². The molecule has 1 aliphatic rings. The summed E-state index contributed by atoms with van der Waals surface area (Å²) in [7, 11) is 0. The van der Waals surface area contributed by atoms with Gasteiger partial charge in [-0.05, 0) is 18.8 Å².